The molecule has 2 N–H and O–H groups in total. The second-order valence-electron chi connectivity index (χ2n) is 9.05. The van der Waals surface area contributed by atoms with E-state index in [0.29, 0.717) is 12.5 Å². The second-order valence-corrected chi connectivity index (χ2v) is 9.05. The van der Waals surface area contributed by atoms with Crippen molar-refractivity contribution < 1.29 is 14.6 Å². The zero-order valence-corrected chi connectivity index (χ0v) is 16.2. The van der Waals surface area contributed by atoms with Crippen LogP contribution in [0.4, 0.5) is 0 Å². The normalized spacial score (nSPS) is 43.0. The topological polar surface area (TPSA) is 61.8 Å². The number of allylic oxidation sites excluding steroid dienone is 1. The number of esters is 1. The molecule has 0 aromatic heterocycles. The molecule has 0 bridgehead atoms. The van der Waals surface area contributed by atoms with Gasteiger partial charge in [0, 0.05) is 37.4 Å². The number of hydrogen-bond donors (Lipinski definition) is 2. The van der Waals surface area contributed by atoms with Crippen molar-refractivity contribution in [2.24, 2.45) is 23.2 Å². The maximum atomic E-state index is 12.5. The molecule has 2 aliphatic heterocycles. The first-order valence-electron chi connectivity index (χ1n) is 10.5. The molecular formula is C21H34N2O3. The quantitative estimate of drug-likeness (QED) is 0.445. The maximum absolute atomic E-state index is 12.5. The highest BCUT2D eigenvalue weighted by atomic mass is 16.6. The molecular weight excluding hydrogens is 328 g/mol. The van der Waals surface area contributed by atoms with Gasteiger partial charge in [-0.15, -0.1) is 0 Å². The molecule has 2 saturated heterocycles. The van der Waals surface area contributed by atoms with Crippen LogP contribution in [0.1, 0.15) is 46.0 Å². The standard InChI is InChI=1S/C21H34N2O3/c1-14-6-5-7-15-12-17-18(19(24)21(14,15)2)16(20(25)26-17)13-22-8-11-23-9-3-4-10-23/h7,14,16-19,22,24H,3-6,8-13H2,1-2H3. The van der Waals surface area contributed by atoms with E-state index in [4.69, 9.17) is 4.74 Å². The van der Waals surface area contributed by atoms with Crippen molar-refractivity contribution in [2.75, 3.05) is 32.7 Å². The van der Waals surface area contributed by atoms with Crippen molar-refractivity contribution in [3.63, 3.8) is 0 Å². The lowest BCUT2D eigenvalue weighted by Crippen LogP contribution is -2.54. The second kappa shape index (κ2) is 7.25. The number of aliphatic hydroxyl groups is 1. The third kappa shape index (κ3) is 3.02. The maximum Gasteiger partial charge on any atom is 0.311 e. The Morgan fingerprint density at radius 2 is 2.15 bits per heavy atom. The van der Waals surface area contributed by atoms with Crippen molar-refractivity contribution in [1.29, 1.82) is 0 Å². The van der Waals surface area contributed by atoms with Gasteiger partial charge in [-0.25, -0.2) is 0 Å². The summed E-state index contributed by atoms with van der Waals surface area (Å²) in [6.45, 7) is 9.40. The molecule has 4 aliphatic rings. The molecule has 0 radical (unpaired) electrons. The molecule has 0 aromatic rings. The summed E-state index contributed by atoms with van der Waals surface area (Å²) in [6.07, 6.45) is 7.24. The van der Waals surface area contributed by atoms with Crippen LogP contribution in [0.25, 0.3) is 0 Å². The number of aliphatic hydroxyl groups excluding tert-OH is 1. The predicted octanol–water partition coefficient (Wildman–Crippen LogP) is 1.96. The molecule has 2 heterocycles. The Hall–Kier alpha value is -0.910. The van der Waals surface area contributed by atoms with E-state index in [1.54, 1.807) is 0 Å². The zero-order valence-electron chi connectivity index (χ0n) is 16.2. The summed E-state index contributed by atoms with van der Waals surface area (Å²) in [5, 5.41) is 14.8. The van der Waals surface area contributed by atoms with Gasteiger partial charge in [0.25, 0.3) is 0 Å². The number of carbonyl (C=O) groups excluding carboxylic acids is 1. The molecule has 5 nitrogen and oxygen atoms in total. The fraction of sp³-hybridized carbons (Fsp3) is 0.857. The highest BCUT2D eigenvalue weighted by Crippen LogP contribution is 2.55. The molecule has 146 valence electrons. The number of hydrogen-bond acceptors (Lipinski definition) is 5. The van der Waals surface area contributed by atoms with Crippen LogP contribution < -0.4 is 5.32 Å². The largest absolute Gasteiger partial charge is 0.461 e. The van der Waals surface area contributed by atoms with Crippen molar-refractivity contribution in [1.82, 2.24) is 10.2 Å². The van der Waals surface area contributed by atoms with Gasteiger partial charge in [0.2, 0.25) is 0 Å². The van der Waals surface area contributed by atoms with E-state index in [0.717, 1.165) is 32.4 Å². The average Bonchev–Trinajstić information content (AvgIpc) is 3.23. The third-order valence-corrected chi connectivity index (χ3v) is 7.74. The van der Waals surface area contributed by atoms with E-state index in [9.17, 15) is 9.90 Å². The monoisotopic (exact) mass is 362 g/mol. The van der Waals surface area contributed by atoms with Crippen LogP contribution in [0.2, 0.25) is 0 Å². The Bertz CT molecular complexity index is 572. The van der Waals surface area contributed by atoms with Gasteiger partial charge in [-0.1, -0.05) is 25.5 Å². The van der Waals surface area contributed by atoms with E-state index >= 15 is 0 Å². The Morgan fingerprint density at radius 3 is 2.92 bits per heavy atom. The molecule has 5 heteroatoms. The van der Waals surface area contributed by atoms with Crippen LogP contribution in [0.15, 0.2) is 11.6 Å². The SMILES string of the molecule is CC1CCC=C2CC3OC(=O)C(CNCCN4CCCC4)C3C(O)C21C. The minimum absolute atomic E-state index is 0.0792. The molecule has 3 fully saturated rings. The van der Waals surface area contributed by atoms with Crippen LogP contribution in [0.5, 0.6) is 0 Å². The Morgan fingerprint density at radius 1 is 1.38 bits per heavy atom. The van der Waals surface area contributed by atoms with Crippen LogP contribution in [0, 0.1) is 23.2 Å². The molecule has 26 heavy (non-hydrogen) atoms. The van der Waals surface area contributed by atoms with E-state index in [1.807, 2.05) is 0 Å². The van der Waals surface area contributed by atoms with Gasteiger partial charge in [-0.3, -0.25) is 4.79 Å². The molecule has 2 aliphatic carbocycles. The molecule has 0 spiro atoms. The fourth-order valence-electron chi connectivity index (χ4n) is 5.80. The van der Waals surface area contributed by atoms with Gasteiger partial charge in [0.1, 0.15) is 6.10 Å². The van der Waals surface area contributed by atoms with Crippen molar-refractivity contribution >= 4 is 5.97 Å². The highest BCUT2D eigenvalue weighted by molar-refractivity contribution is 5.76. The van der Waals surface area contributed by atoms with Gasteiger partial charge in [-0.2, -0.15) is 0 Å². The van der Waals surface area contributed by atoms with Crippen molar-refractivity contribution in [2.45, 2.75) is 58.2 Å². The van der Waals surface area contributed by atoms with Crippen LogP contribution >= 0.6 is 0 Å². The zero-order chi connectivity index (χ0) is 18.3. The number of rotatable bonds is 5. The summed E-state index contributed by atoms with van der Waals surface area (Å²) < 4.78 is 5.72. The van der Waals surface area contributed by atoms with Gasteiger partial charge in [-0.05, 0) is 44.7 Å². The summed E-state index contributed by atoms with van der Waals surface area (Å²) in [4.78, 5) is 15.0. The lowest BCUT2D eigenvalue weighted by atomic mass is 9.55. The lowest BCUT2D eigenvalue weighted by molar-refractivity contribution is -0.144. The number of ether oxygens (including phenoxy) is 1. The van der Waals surface area contributed by atoms with Gasteiger partial charge < -0.3 is 20.1 Å². The molecule has 4 rings (SSSR count). The first kappa shape index (κ1) is 18.5. The smallest absolute Gasteiger partial charge is 0.311 e. The van der Waals surface area contributed by atoms with Gasteiger partial charge in [0.15, 0.2) is 0 Å². The molecule has 0 aromatic carbocycles. The number of carbonyl (C=O) groups is 1. The highest BCUT2D eigenvalue weighted by Gasteiger charge is 2.59. The summed E-state index contributed by atoms with van der Waals surface area (Å²) in [5.41, 5.74) is 1.10. The predicted molar refractivity (Wildman–Crippen MR) is 101 cm³/mol. The number of nitrogens with one attached hydrogen (secondary N) is 1. The number of fused-ring (bicyclic) bond motifs is 2. The summed E-state index contributed by atoms with van der Waals surface area (Å²) >= 11 is 0. The van der Waals surface area contributed by atoms with Gasteiger partial charge >= 0.3 is 5.97 Å². The van der Waals surface area contributed by atoms with Crippen LogP contribution in [0.3, 0.4) is 0 Å². The van der Waals surface area contributed by atoms with Crippen molar-refractivity contribution in [3.8, 4) is 0 Å². The first-order chi connectivity index (χ1) is 12.5. The summed E-state index contributed by atoms with van der Waals surface area (Å²) in [6, 6.07) is 0. The van der Waals surface area contributed by atoms with Gasteiger partial charge in [0.05, 0.1) is 12.0 Å². The minimum Gasteiger partial charge on any atom is -0.461 e. The number of likely N-dealkylation sites (tertiary alicyclic amines) is 1. The summed E-state index contributed by atoms with van der Waals surface area (Å²) in [7, 11) is 0. The van der Waals surface area contributed by atoms with E-state index in [-0.39, 0.29) is 29.3 Å². The molecule has 1 saturated carbocycles. The average molecular weight is 363 g/mol. The molecule has 0 amide bonds. The van der Waals surface area contributed by atoms with E-state index in [1.165, 1.54) is 31.5 Å². The third-order valence-electron chi connectivity index (χ3n) is 7.74. The molecule has 6 unspecified atom stereocenters. The molecule has 6 atom stereocenters. The van der Waals surface area contributed by atoms with E-state index < -0.39 is 6.10 Å². The Balaban J connectivity index is 1.41. The summed E-state index contributed by atoms with van der Waals surface area (Å²) in [5.74, 6) is 0.0201. The van der Waals surface area contributed by atoms with Crippen LogP contribution in [-0.4, -0.2) is 60.9 Å². The Kier molecular flexibility index (Phi) is 5.15. The number of nitrogens with zero attached hydrogens (tertiary/aromatic N) is 1. The van der Waals surface area contributed by atoms with E-state index in [2.05, 4.69) is 30.1 Å². The van der Waals surface area contributed by atoms with Crippen molar-refractivity contribution in [3.05, 3.63) is 11.6 Å². The lowest BCUT2D eigenvalue weighted by Gasteiger charge is -2.51. The minimum atomic E-state index is -0.500. The fourth-order valence-corrected chi connectivity index (χ4v) is 5.80. The Labute approximate surface area is 157 Å². The van der Waals surface area contributed by atoms with Crippen LogP contribution in [-0.2, 0) is 9.53 Å². The first-order valence-corrected chi connectivity index (χ1v) is 10.5.